The molecule has 0 saturated heterocycles. The zero-order chi connectivity index (χ0) is 12.3. The minimum atomic E-state index is -1.02. The molecular formula is C13H17NO3. The summed E-state index contributed by atoms with van der Waals surface area (Å²) in [6.07, 6.45) is 8.00. The normalized spacial score (nSPS) is 17.6. The Bertz CT molecular complexity index is 414. The average molecular weight is 235 g/mol. The van der Waals surface area contributed by atoms with Crippen LogP contribution in [0.3, 0.4) is 0 Å². The fraction of sp³-hybridized carbons (Fsp3) is 0.538. The van der Waals surface area contributed by atoms with Crippen LogP contribution in [0, 0.1) is 5.92 Å². The summed E-state index contributed by atoms with van der Waals surface area (Å²) in [6.45, 7) is 0. The van der Waals surface area contributed by atoms with E-state index in [0.29, 0.717) is 5.56 Å². The lowest BCUT2D eigenvalue weighted by atomic mass is 9.92. The van der Waals surface area contributed by atoms with Gasteiger partial charge in [0.05, 0.1) is 0 Å². The lowest BCUT2D eigenvalue weighted by Crippen LogP contribution is -2.13. The zero-order valence-electron chi connectivity index (χ0n) is 9.74. The van der Waals surface area contributed by atoms with Gasteiger partial charge < -0.3 is 10.1 Å². The van der Waals surface area contributed by atoms with Crippen molar-refractivity contribution in [2.24, 2.45) is 5.92 Å². The molecule has 1 saturated carbocycles. The van der Waals surface area contributed by atoms with Crippen LogP contribution in [0.15, 0.2) is 12.3 Å². The maximum absolute atomic E-state index is 12.2. The molecule has 0 radical (unpaired) electrons. The maximum atomic E-state index is 12.2. The second kappa shape index (κ2) is 5.17. The van der Waals surface area contributed by atoms with E-state index in [4.69, 9.17) is 5.11 Å². The molecule has 0 aromatic carbocycles. The summed E-state index contributed by atoms with van der Waals surface area (Å²) in [7, 11) is 0. The minimum absolute atomic E-state index is 0.0787. The van der Waals surface area contributed by atoms with Crippen LogP contribution in [0.1, 0.15) is 59.4 Å². The largest absolute Gasteiger partial charge is 0.477 e. The van der Waals surface area contributed by atoms with E-state index in [2.05, 4.69) is 4.98 Å². The summed E-state index contributed by atoms with van der Waals surface area (Å²) in [5.41, 5.74) is 0.594. The van der Waals surface area contributed by atoms with Crippen molar-refractivity contribution in [3.63, 3.8) is 0 Å². The molecule has 0 amide bonds. The molecule has 0 spiro atoms. The standard InChI is InChI=1S/C13H17NO3/c15-12(9-5-3-1-2-4-6-9)10-7-11(13(16)17)14-8-10/h7-9,14H,1-6H2,(H,16,17). The molecule has 92 valence electrons. The van der Waals surface area contributed by atoms with Crippen molar-refractivity contribution >= 4 is 11.8 Å². The fourth-order valence-electron chi connectivity index (χ4n) is 2.44. The van der Waals surface area contributed by atoms with Crippen molar-refractivity contribution in [1.82, 2.24) is 4.98 Å². The number of aromatic amines is 1. The van der Waals surface area contributed by atoms with Gasteiger partial charge in [-0.05, 0) is 18.9 Å². The average Bonchev–Trinajstić information content (AvgIpc) is 2.65. The van der Waals surface area contributed by atoms with Crippen LogP contribution in [0.2, 0.25) is 0 Å². The predicted octanol–water partition coefficient (Wildman–Crippen LogP) is 2.87. The van der Waals surface area contributed by atoms with Crippen LogP contribution in [-0.4, -0.2) is 21.8 Å². The third-order valence-corrected chi connectivity index (χ3v) is 3.42. The summed E-state index contributed by atoms with van der Waals surface area (Å²) in [5, 5.41) is 8.79. The van der Waals surface area contributed by atoms with Crippen molar-refractivity contribution in [2.75, 3.05) is 0 Å². The molecule has 0 atom stereocenters. The van der Waals surface area contributed by atoms with E-state index < -0.39 is 5.97 Å². The number of carbonyl (C=O) groups is 2. The topological polar surface area (TPSA) is 70.2 Å². The highest BCUT2D eigenvalue weighted by molar-refractivity contribution is 6.00. The number of hydrogen-bond acceptors (Lipinski definition) is 2. The molecule has 2 rings (SSSR count). The van der Waals surface area contributed by atoms with Crippen LogP contribution in [0.25, 0.3) is 0 Å². The third kappa shape index (κ3) is 2.75. The van der Waals surface area contributed by atoms with Gasteiger partial charge in [-0.25, -0.2) is 4.79 Å². The molecule has 4 heteroatoms. The summed E-state index contributed by atoms with van der Waals surface area (Å²) in [5.74, 6) is -0.851. The van der Waals surface area contributed by atoms with Crippen LogP contribution in [0.5, 0.6) is 0 Å². The monoisotopic (exact) mass is 235 g/mol. The van der Waals surface area contributed by atoms with Crippen LogP contribution in [0.4, 0.5) is 0 Å². The Morgan fingerprint density at radius 2 is 1.82 bits per heavy atom. The second-order valence-corrected chi connectivity index (χ2v) is 4.66. The number of carbonyl (C=O) groups excluding carboxylic acids is 1. The van der Waals surface area contributed by atoms with Crippen LogP contribution >= 0.6 is 0 Å². The van der Waals surface area contributed by atoms with E-state index in [-0.39, 0.29) is 17.4 Å². The van der Waals surface area contributed by atoms with E-state index in [1.54, 1.807) is 0 Å². The number of ketones is 1. The number of hydrogen-bond donors (Lipinski definition) is 2. The molecule has 1 aliphatic carbocycles. The van der Waals surface area contributed by atoms with Gasteiger partial charge in [0, 0.05) is 17.7 Å². The second-order valence-electron chi connectivity index (χ2n) is 4.66. The Morgan fingerprint density at radius 3 is 2.35 bits per heavy atom. The van der Waals surface area contributed by atoms with E-state index >= 15 is 0 Å². The van der Waals surface area contributed by atoms with Gasteiger partial charge in [-0.2, -0.15) is 0 Å². The smallest absolute Gasteiger partial charge is 0.352 e. The number of carboxylic acid groups (broad SMARTS) is 1. The van der Waals surface area contributed by atoms with E-state index in [9.17, 15) is 9.59 Å². The number of carboxylic acids is 1. The minimum Gasteiger partial charge on any atom is -0.477 e. The summed E-state index contributed by atoms with van der Waals surface area (Å²) >= 11 is 0. The summed E-state index contributed by atoms with van der Waals surface area (Å²) < 4.78 is 0. The molecule has 1 aliphatic rings. The van der Waals surface area contributed by atoms with Crippen molar-refractivity contribution in [1.29, 1.82) is 0 Å². The highest BCUT2D eigenvalue weighted by atomic mass is 16.4. The first-order chi connectivity index (χ1) is 8.18. The molecule has 0 unspecified atom stereocenters. The molecule has 1 fully saturated rings. The number of aromatic nitrogens is 1. The van der Waals surface area contributed by atoms with Gasteiger partial charge in [0.1, 0.15) is 5.69 Å². The number of H-pyrrole nitrogens is 1. The van der Waals surface area contributed by atoms with Gasteiger partial charge in [-0.15, -0.1) is 0 Å². The number of aromatic carboxylic acids is 1. The van der Waals surface area contributed by atoms with Gasteiger partial charge in [-0.3, -0.25) is 4.79 Å². The van der Waals surface area contributed by atoms with Gasteiger partial charge >= 0.3 is 5.97 Å². The quantitative estimate of drug-likeness (QED) is 0.625. The lowest BCUT2D eigenvalue weighted by Gasteiger charge is -2.10. The first kappa shape index (κ1) is 11.9. The first-order valence-electron chi connectivity index (χ1n) is 6.14. The Labute approximate surface area is 100 Å². The SMILES string of the molecule is O=C(O)c1cc(C(=O)C2CCCCCC2)c[nH]1. The summed E-state index contributed by atoms with van der Waals surface area (Å²) in [6, 6.07) is 1.44. The highest BCUT2D eigenvalue weighted by Gasteiger charge is 2.22. The maximum Gasteiger partial charge on any atom is 0.352 e. The molecule has 1 aromatic rings. The molecule has 1 heterocycles. The molecule has 0 bridgehead atoms. The Balaban J connectivity index is 2.09. The highest BCUT2D eigenvalue weighted by Crippen LogP contribution is 2.26. The summed E-state index contributed by atoms with van der Waals surface area (Å²) in [4.78, 5) is 25.5. The Morgan fingerprint density at radius 1 is 1.18 bits per heavy atom. The van der Waals surface area contributed by atoms with Gasteiger partial charge in [-0.1, -0.05) is 25.7 Å². The van der Waals surface area contributed by atoms with Crippen LogP contribution in [-0.2, 0) is 0 Å². The number of Topliss-reactive ketones (excluding diaryl/α,β-unsaturated/α-hetero) is 1. The third-order valence-electron chi connectivity index (χ3n) is 3.42. The van der Waals surface area contributed by atoms with Crippen molar-refractivity contribution < 1.29 is 14.7 Å². The van der Waals surface area contributed by atoms with Gasteiger partial charge in [0.15, 0.2) is 5.78 Å². The van der Waals surface area contributed by atoms with Crippen molar-refractivity contribution in [2.45, 2.75) is 38.5 Å². The molecule has 4 nitrogen and oxygen atoms in total. The van der Waals surface area contributed by atoms with Crippen molar-refractivity contribution in [3.05, 3.63) is 23.5 Å². The fourth-order valence-corrected chi connectivity index (χ4v) is 2.44. The van der Waals surface area contributed by atoms with Gasteiger partial charge in [0.25, 0.3) is 0 Å². The Hall–Kier alpha value is -1.58. The van der Waals surface area contributed by atoms with Gasteiger partial charge in [0.2, 0.25) is 0 Å². The molecule has 2 N–H and O–H groups in total. The molecule has 1 aromatic heterocycles. The molecule has 17 heavy (non-hydrogen) atoms. The zero-order valence-corrected chi connectivity index (χ0v) is 9.74. The predicted molar refractivity (Wildman–Crippen MR) is 63.3 cm³/mol. The number of rotatable bonds is 3. The van der Waals surface area contributed by atoms with Crippen molar-refractivity contribution in [3.8, 4) is 0 Å². The van der Waals surface area contributed by atoms with Crippen LogP contribution < -0.4 is 0 Å². The number of nitrogens with one attached hydrogen (secondary N) is 1. The van der Waals surface area contributed by atoms with E-state index in [0.717, 1.165) is 25.7 Å². The molecular weight excluding hydrogens is 218 g/mol. The Kier molecular flexibility index (Phi) is 3.61. The van der Waals surface area contributed by atoms with E-state index in [1.807, 2.05) is 0 Å². The lowest BCUT2D eigenvalue weighted by molar-refractivity contribution is 0.0691. The molecule has 0 aliphatic heterocycles. The first-order valence-corrected chi connectivity index (χ1v) is 6.14. The van der Waals surface area contributed by atoms with E-state index in [1.165, 1.54) is 25.1 Å².